The molecule has 2 atom stereocenters. The van der Waals surface area contributed by atoms with Crippen LogP contribution in [0, 0.1) is 3.57 Å². The maximum atomic E-state index is 12.6. The number of methoxy groups -OCH3 is 1. The topological polar surface area (TPSA) is 46.5 Å². The first kappa shape index (κ1) is 18.4. The third kappa shape index (κ3) is 3.45. The van der Waals surface area contributed by atoms with E-state index in [2.05, 4.69) is 35.6 Å². The SMILES string of the molecule is CCc1sc2cccc([C@@H](C(=O)OC)[C@@H](O)c3ccccc3)c2c1I. The highest BCUT2D eigenvalue weighted by molar-refractivity contribution is 14.1. The van der Waals surface area contributed by atoms with Crippen molar-refractivity contribution in [2.75, 3.05) is 7.11 Å². The molecule has 0 amide bonds. The van der Waals surface area contributed by atoms with E-state index in [1.807, 2.05) is 42.5 Å². The van der Waals surface area contributed by atoms with Crippen molar-refractivity contribution in [3.05, 3.63) is 68.1 Å². The van der Waals surface area contributed by atoms with Gasteiger partial charge < -0.3 is 9.84 Å². The monoisotopic (exact) mass is 466 g/mol. The van der Waals surface area contributed by atoms with Crippen LogP contribution in [0.15, 0.2) is 48.5 Å². The van der Waals surface area contributed by atoms with Gasteiger partial charge >= 0.3 is 5.97 Å². The summed E-state index contributed by atoms with van der Waals surface area (Å²) >= 11 is 4.08. The molecule has 0 unspecified atom stereocenters. The Morgan fingerprint density at radius 3 is 2.56 bits per heavy atom. The minimum Gasteiger partial charge on any atom is -0.468 e. The molecule has 2 aromatic carbocycles. The fourth-order valence-electron chi connectivity index (χ4n) is 3.07. The van der Waals surface area contributed by atoms with Gasteiger partial charge in [-0.05, 0) is 46.2 Å². The zero-order valence-corrected chi connectivity index (χ0v) is 17.0. The number of ether oxygens (including phenoxy) is 1. The molecule has 0 radical (unpaired) electrons. The van der Waals surface area contributed by atoms with Crippen molar-refractivity contribution in [1.29, 1.82) is 0 Å². The summed E-state index contributed by atoms with van der Waals surface area (Å²) in [5, 5.41) is 12.0. The number of thiophene rings is 1. The smallest absolute Gasteiger partial charge is 0.316 e. The highest BCUT2D eigenvalue weighted by Gasteiger charge is 2.33. The van der Waals surface area contributed by atoms with Crippen LogP contribution in [0.1, 0.15) is 34.9 Å². The molecule has 0 saturated carbocycles. The Bertz CT molecular complexity index is 889. The lowest BCUT2D eigenvalue weighted by molar-refractivity contribution is -0.145. The Morgan fingerprint density at radius 1 is 1.20 bits per heavy atom. The van der Waals surface area contributed by atoms with E-state index in [4.69, 9.17) is 4.74 Å². The minimum atomic E-state index is -0.958. The molecule has 0 aliphatic rings. The predicted octanol–water partition coefficient (Wildman–Crippen LogP) is 5.06. The lowest BCUT2D eigenvalue weighted by Crippen LogP contribution is -2.22. The van der Waals surface area contributed by atoms with Crippen molar-refractivity contribution in [3.8, 4) is 0 Å². The number of halogens is 1. The summed E-state index contributed by atoms with van der Waals surface area (Å²) in [5.41, 5.74) is 1.52. The number of aliphatic hydroxyl groups is 1. The van der Waals surface area contributed by atoms with Crippen LogP contribution in [0.3, 0.4) is 0 Å². The number of esters is 1. The van der Waals surface area contributed by atoms with Gasteiger partial charge in [-0.1, -0.05) is 49.4 Å². The highest BCUT2D eigenvalue weighted by atomic mass is 127. The van der Waals surface area contributed by atoms with Crippen molar-refractivity contribution < 1.29 is 14.6 Å². The summed E-state index contributed by atoms with van der Waals surface area (Å²) in [6.07, 6.45) is -0.0127. The third-order valence-electron chi connectivity index (χ3n) is 4.32. The van der Waals surface area contributed by atoms with Gasteiger partial charge in [0.1, 0.15) is 5.92 Å². The molecule has 0 saturated heterocycles. The van der Waals surface area contributed by atoms with E-state index in [0.29, 0.717) is 5.56 Å². The number of aryl methyl sites for hydroxylation is 1. The number of fused-ring (bicyclic) bond motifs is 1. The molecule has 0 spiro atoms. The summed E-state index contributed by atoms with van der Waals surface area (Å²) in [7, 11) is 1.36. The van der Waals surface area contributed by atoms with Gasteiger partial charge in [0.05, 0.1) is 13.2 Å². The Balaban J connectivity index is 2.19. The van der Waals surface area contributed by atoms with E-state index < -0.39 is 18.0 Å². The molecule has 130 valence electrons. The molecule has 5 heteroatoms. The van der Waals surface area contributed by atoms with E-state index in [0.717, 1.165) is 25.6 Å². The molecule has 1 heterocycles. The summed E-state index contributed by atoms with van der Waals surface area (Å²) in [6, 6.07) is 15.2. The van der Waals surface area contributed by atoms with Crippen molar-refractivity contribution >= 4 is 50.0 Å². The number of rotatable bonds is 5. The van der Waals surface area contributed by atoms with Gasteiger partial charge in [-0.3, -0.25) is 4.79 Å². The van der Waals surface area contributed by atoms with Crippen molar-refractivity contribution in [1.82, 2.24) is 0 Å². The Morgan fingerprint density at radius 2 is 1.92 bits per heavy atom. The molecule has 0 fully saturated rings. The quantitative estimate of drug-likeness (QED) is 0.423. The first-order valence-corrected chi connectivity index (χ1v) is 9.98. The highest BCUT2D eigenvalue weighted by Crippen LogP contribution is 2.41. The molecule has 3 aromatic rings. The maximum absolute atomic E-state index is 12.6. The maximum Gasteiger partial charge on any atom is 0.316 e. The Hall–Kier alpha value is -1.44. The van der Waals surface area contributed by atoms with E-state index in [1.165, 1.54) is 12.0 Å². The van der Waals surface area contributed by atoms with E-state index in [-0.39, 0.29) is 0 Å². The second-order valence-corrected chi connectivity index (χ2v) is 7.99. The first-order chi connectivity index (χ1) is 12.1. The molecule has 1 N–H and O–H groups in total. The van der Waals surface area contributed by atoms with Gasteiger partial charge in [0.25, 0.3) is 0 Å². The first-order valence-electron chi connectivity index (χ1n) is 8.09. The average Bonchev–Trinajstić information content (AvgIpc) is 2.99. The number of hydrogen-bond donors (Lipinski definition) is 1. The summed E-state index contributed by atoms with van der Waals surface area (Å²) in [5.74, 6) is -1.19. The Labute approximate surface area is 164 Å². The average molecular weight is 466 g/mol. The van der Waals surface area contributed by atoms with Crippen LogP contribution >= 0.6 is 33.9 Å². The number of aliphatic hydroxyl groups excluding tert-OH is 1. The molecule has 25 heavy (non-hydrogen) atoms. The summed E-state index contributed by atoms with van der Waals surface area (Å²) in [4.78, 5) is 13.9. The van der Waals surface area contributed by atoms with Crippen LogP contribution in [0.4, 0.5) is 0 Å². The lowest BCUT2D eigenvalue weighted by Gasteiger charge is -2.22. The second-order valence-electron chi connectivity index (χ2n) is 5.77. The van der Waals surface area contributed by atoms with Crippen LogP contribution in [-0.2, 0) is 16.0 Å². The predicted molar refractivity (Wildman–Crippen MR) is 110 cm³/mol. The zero-order valence-electron chi connectivity index (χ0n) is 14.0. The van der Waals surface area contributed by atoms with E-state index in [9.17, 15) is 9.90 Å². The van der Waals surface area contributed by atoms with Gasteiger partial charge in [-0.2, -0.15) is 0 Å². The third-order valence-corrected chi connectivity index (χ3v) is 7.18. The van der Waals surface area contributed by atoms with Crippen LogP contribution in [0.5, 0.6) is 0 Å². The number of carbonyl (C=O) groups is 1. The van der Waals surface area contributed by atoms with E-state index in [1.54, 1.807) is 11.3 Å². The van der Waals surface area contributed by atoms with Crippen LogP contribution < -0.4 is 0 Å². The van der Waals surface area contributed by atoms with Gasteiger partial charge in [-0.25, -0.2) is 0 Å². The standard InChI is InChI=1S/C20H19IO3S/c1-3-14-18(21)16-13(10-7-11-15(16)25-14)17(20(23)24-2)19(22)12-8-5-4-6-9-12/h4-11,17,19,22H,3H2,1-2H3/t17-,19+/m1/s1. The summed E-state index contributed by atoms with van der Waals surface area (Å²) < 4.78 is 7.32. The van der Waals surface area contributed by atoms with Crippen LogP contribution in [-0.4, -0.2) is 18.2 Å². The molecular formula is C20H19IO3S. The fourth-order valence-corrected chi connectivity index (χ4v) is 5.63. The van der Waals surface area contributed by atoms with Crippen molar-refractivity contribution in [3.63, 3.8) is 0 Å². The summed E-state index contributed by atoms with van der Waals surface area (Å²) in [6.45, 7) is 2.13. The lowest BCUT2D eigenvalue weighted by atomic mass is 9.87. The van der Waals surface area contributed by atoms with Crippen molar-refractivity contribution in [2.24, 2.45) is 0 Å². The largest absolute Gasteiger partial charge is 0.468 e. The number of carbonyl (C=O) groups excluding carboxylic acids is 1. The fraction of sp³-hybridized carbons (Fsp3) is 0.250. The molecule has 0 bridgehead atoms. The molecular weight excluding hydrogens is 447 g/mol. The Kier molecular flexibility index (Phi) is 5.76. The van der Waals surface area contributed by atoms with Crippen LogP contribution in [0.25, 0.3) is 10.1 Å². The molecule has 0 aliphatic heterocycles. The molecule has 3 nitrogen and oxygen atoms in total. The minimum absolute atomic E-state index is 0.427. The van der Waals surface area contributed by atoms with E-state index >= 15 is 0 Å². The second kappa shape index (κ2) is 7.85. The number of hydrogen-bond acceptors (Lipinski definition) is 4. The molecule has 3 rings (SSSR count). The normalized spacial score (nSPS) is 13.6. The number of benzene rings is 2. The van der Waals surface area contributed by atoms with Gasteiger partial charge in [0.15, 0.2) is 0 Å². The van der Waals surface area contributed by atoms with Crippen molar-refractivity contribution in [2.45, 2.75) is 25.4 Å². The van der Waals surface area contributed by atoms with Gasteiger partial charge in [0.2, 0.25) is 0 Å². The van der Waals surface area contributed by atoms with Crippen LogP contribution in [0.2, 0.25) is 0 Å². The van der Waals surface area contributed by atoms with Gasteiger partial charge in [-0.15, -0.1) is 11.3 Å². The molecule has 1 aromatic heterocycles. The zero-order chi connectivity index (χ0) is 18.0. The van der Waals surface area contributed by atoms with Gasteiger partial charge in [0, 0.05) is 18.5 Å². The molecule has 0 aliphatic carbocycles.